The lowest BCUT2D eigenvalue weighted by molar-refractivity contribution is -0.117. The minimum atomic E-state index is 0.171. The Morgan fingerprint density at radius 1 is 1.50 bits per heavy atom. The molecule has 2 rings (SSSR count). The zero-order valence-corrected chi connectivity index (χ0v) is 8.29. The maximum absolute atomic E-state index is 11.4. The molecule has 0 fully saturated rings. The van der Waals surface area contributed by atoms with Gasteiger partial charge >= 0.3 is 0 Å². The molecule has 0 saturated carbocycles. The number of hydrogen-bond acceptors (Lipinski definition) is 2. The maximum Gasteiger partial charge on any atom is 0.231 e. The number of likely N-dealkylation sites (N-methyl/N-ethyl adjacent to an activating group) is 1. The third-order valence-electron chi connectivity index (χ3n) is 2.65. The molecule has 1 aliphatic rings. The molecule has 0 saturated heterocycles. The minimum Gasteiger partial charge on any atom is -0.330 e. The van der Waals surface area contributed by atoms with E-state index in [0.29, 0.717) is 13.0 Å². The first-order valence-corrected chi connectivity index (χ1v) is 4.81. The zero-order valence-electron chi connectivity index (χ0n) is 8.29. The summed E-state index contributed by atoms with van der Waals surface area (Å²) in [6.07, 6.45) is 1.41. The van der Waals surface area contributed by atoms with E-state index in [1.54, 1.807) is 4.90 Å². The van der Waals surface area contributed by atoms with Gasteiger partial charge in [0.15, 0.2) is 0 Å². The lowest BCUT2D eigenvalue weighted by Gasteiger charge is -2.10. The summed E-state index contributed by atoms with van der Waals surface area (Å²) in [6.45, 7) is 0.655. The third kappa shape index (κ3) is 1.40. The number of benzene rings is 1. The van der Waals surface area contributed by atoms with Crippen molar-refractivity contribution >= 4 is 11.6 Å². The Labute approximate surface area is 83.5 Å². The van der Waals surface area contributed by atoms with Crippen molar-refractivity contribution in [3.8, 4) is 0 Å². The number of fused-ring (bicyclic) bond motifs is 1. The van der Waals surface area contributed by atoms with Crippen LogP contribution in [0.1, 0.15) is 11.1 Å². The van der Waals surface area contributed by atoms with Gasteiger partial charge in [0.1, 0.15) is 0 Å². The molecular formula is C11H14N2O. The molecule has 74 valence electrons. The molecule has 0 spiro atoms. The summed E-state index contributed by atoms with van der Waals surface area (Å²) in [5.74, 6) is 0.171. The molecule has 0 unspecified atom stereocenters. The summed E-state index contributed by atoms with van der Waals surface area (Å²) in [5.41, 5.74) is 8.87. The van der Waals surface area contributed by atoms with Gasteiger partial charge in [-0.05, 0) is 30.2 Å². The Kier molecular flexibility index (Phi) is 2.25. The van der Waals surface area contributed by atoms with E-state index in [1.165, 1.54) is 5.56 Å². The molecule has 3 nitrogen and oxygen atoms in total. The van der Waals surface area contributed by atoms with E-state index in [2.05, 4.69) is 6.07 Å². The van der Waals surface area contributed by atoms with Crippen molar-refractivity contribution in [3.05, 3.63) is 29.3 Å². The normalized spacial score (nSPS) is 14.7. The molecule has 1 heterocycles. The number of nitrogens with zero attached hydrogens (tertiary/aromatic N) is 1. The summed E-state index contributed by atoms with van der Waals surface area (Å²) < 4.78 is 0. The number of nitrogens with two attached hydrogens (primary N) is 1. The van der Waals surface area contributed by atoms with Crippen LogP contribution in [0, 0.1) is 0 Å². The standard InChI is InChI=1S/C11H14N2O/c1-13-10-3-2-8(4-5-12)6-9(10)7-11(13)14/h2-3,6H,4-5,7,12H2,1H3. The molecule has 1 aromatic carbocycles. The lowest BCUT2D eigenvalue weighted by atomic mass is 10.1. The highest BCUT2D eigenvalue weighted by Gasteiger charge is 2.23. The van der Waals surface area contributed by atoms with E-state index >= 15 is 0 Å². The summed E-state index contributed by atoms with van der Waals surface area (Å²) >= 11 is 0. The van der Waals surface area contributed by atoms with Gasteiger partial charge in [-0.2, -0.15) is 0 Å². The SMILES string of the molecule is CN1C(=O)Cc2cc(CCN)ccc21. The van der Waals surface area contributed by atoms with E-state index in [-0.39, 0.29) is 5.91 Å². The number of carbonyl (C=O) groups excluding carboxylic acids is 1. The van der Waals surface area contributed by atoms with Crippen molar-refractivity contribution in [2.75, 3.05) is 18.5 Å². The van der Waals surface area contributed by atoms with Crippen LogP contribution in [0.5, 0.6) is 0 Å². The van der Waals surface area contributed by atoms with Crippen LogP contribution in [0.25, 0.3) is 0 Å². The fraction of sp³-hybridized carbons (Fsp3) is 0.364. The molecule has 14 heavy (non-hydrogen) atoms. The van der Waals surface area contributed by atoms with Crippen molar-refractivity contribution in [1.82, 2.24) is 0 Å². The Bertz CT molecular complexity index is 374. The van der Waals surface area contributed by atoms with Gasteiger partial charge < -0.3 is 10.6 Å². The molecule has 0 radical (unpaired) electrons. The van der Waals surface area contributed by atoms with Gasteiger partial charge in [-0.25, -0.2) is 0 Å². The molecule has 1 aromatic rings. The fourth-order valence-corrected chi connectivity index (χ4v) is 1.85. The molecule has 1 amide bonds. The van der Waals surface area contributed by atoms with Gasteiger partial charge in [0, 0.05) is 12.7 Å². The first-order chi connectivity index (χ1) is 6.72. The second-order valence-electron chi connectivity index (χ2n) is 3.63. The van der Waals surface area contributed by atoms with Crippen molar-refractivity contribution < 1.29 is 4.79 Å². The monoisotopic (exact) mass is 190 g/mol. The number of hydrogen-bond donors (Lipinski definition) is 1. The Morgan fingerprint density at radius 2 is 2.29 bits per heavy atom. The van der Waals surface area contributed by atoms with E-state index in [4.69, 9.17) is 5.73 Å². The second-order valence-corrected chi connectivity index (χ2v) is 3.63. The summed E-state index contributed by atoms with van der Waals surface area (Å²) in [6, 6.07) is 6.13. The van der Waals surface area contributed by atoms with Gasteiger partial charge in [-0.3, -0.25) is 4.79 Å². The van der Waals surface area contributed by atoms with Gasteiger partial charge in [0.25, 0.3) is 0 Å². The molecule has 0 aromatic heterocycles. The van der Waals surface area contributed by atoms with Gasteiger partial charge in [-0.15, -0.1) is 0 Å². The summed E-state index contributed by atoms with van der Waals surface area (Å²) in [4.78, 5) is 13.1. The van der Waals surface area contributed by atoms with E-state index in [0.717, 1.165) is 17.7 Å². The number of amides is 1. The summed E-state index contributed by atoms with van der Waals surface area (Å²) in [5, 5.41) is 0. The zero-order chi connectivity index (χ0) is 10.1. The van der Waals surface area contributed by atoms with E-state index in [1.807, 2.05) is 19.2 Å². The molecule has 0 aliphatic carbocycles. The van der Waals surface area contributed by atoms with Crippen molar-refractivity contribution in [2.45, 2.75) is 12.8 Å². The number of carbonyl (C=O) groups is 1. The fourth-order valence-electron chi connectivity index (χ4n) is 1.85. The highest BCUT2D eigenvalue weighted by atomic mass is 16.2. The van der Waals surface area contributed by atoms with E-state index < -0.39 is 0 Å². The number of anilines is 1. The molecule has 0 bridgehead atoms. The van der Waals surface area contributed by atoms with Crippen LogP contribution >= 0.6 is 0 Å². The minimum absolute atomic E-state index is 0.171. The largest absolute Gasteiger partial charge is 0.330 e. The average molecular weight is 190 g/mol. The quantitative estimate of drug-likeness (QED) is 0.746. The van der Waals surface area contributed by atoms with Gasteiger partial charge in [0.2, 0.25) is 5.91 Å². The summed E-state index contributed by atoms with van der Waals surface area (Å²) in [7, 11) is 1.82. The number of rotatable bonds is 2. The predicted octanol–water partition coefficient (Wildman–Crippen LogP) is 0.707. The molecule has 3 heteroatoms. The van der Waals surface area contributed by atoms with Crippen molar-refractivity contribution in [1.29, 1.82) is 0 Å². The van der Waals surface area contributed by atoms with Crippen molar-refractivity contribution in [3.63, 3.8) is 0 Å². The highest BCUT2D eigenvalue weighted by molar-refractivity contribution is 6.00. The van der Waals surface area contributed by atoms with Crippen LogP contribution in [-0.4, -0.2) is 19.5 Å². The molecule has 2 N–H and O–H groups in total. The Hall–Kier alpha value is -1.35. The maximum atomic E-state index is 11.4. The smallest absolute Gasteiger partial charge is 0.231 e. The van der Waals surface area contributed by atoms with Gasteiger partial charge in [-0.1, -0.05) is 12.1 Å². The Balaban J connectivity index is 2.34. The average Bonchev–Trinajstić information content (AvgIpc) is 2.43. The third-order valence-corrected chi connectivity index (χ3v) is 2.65. The molecule has 0 atom stereocenters. The van der Waals surface area contributed by atoms with Crippen molar-refractivity contribution in [2.24, 2.45) is 5.73 Å². The van der Waals surface area contributed by atoms with Crippen LogP contribution in [0.15, 0.2) is 18.2 Å². The highest BCUT2D eigenvalue weighted by Crippen LogP contribution is 2.28. The van der Waals surface area contributed by atoms with E-state index in [9.17, 15) is 4.79 Å². The Morgan fingerprint density at radius 3 is 3.00 bits per heavy atom. The van der Waals surface area contributed by atoms with Crippen LogP contribution in [0.4, 0.5) is 5.69 Å². The first kappa shape index (κ1) is 9.21. The molecular weight excluding hydrogens is 176 g/mol. The van der Waals surface area contributed by atoms with Crippen LogP contribution in [0.2, 0.25) is 0 Å². The molecule has 1 aliphatic heterocycles. The van der Waals surface area contributed by atoms with Crippen LogP contribution < -0.4 is 10.6 Å². The van der Waals surface area contributed by atoms with Crippen LogP contribution in [0.3, 0.4) is 0 Å². The second kappa shape index (κ2) is 3.42. The topological polar surface area (TPSA) is 46.3 Å². The van der Waals surface area contributed by atoms with Crippen LogP contribution in [-0.2, 0) is 17.6 Å². The predicted molar refractivity (Wildman–Crippen MR) is 56.3 cm³/mol. The first-order valence-electron chi connectivity index (χ1n) is 4.81. The lowest BCUT2D eigenvalue weighted by Crippen LogP contribution is -2.20. The van der Waals surface area contributed by atoms with Gasteiger partial charge in [0.05, 0.1) is 6.42 Å².